The molecule has 8 nitrogen and oxygen atoms in total. The summed E-state index contributed by atoms with van der Waals surface area (Å²) in [5, 5.41) is 3.19. The van der Waals surface area contributed by atoms with E-state index >= 15 is 0 Å². The van der Waals surface area contributed by atoms with Crippen molar-refractivity contribution in [3.05, 3.63) is 30.0 Å². The van der Waals surface area contributed by atoms with E-state index in [4.69, 9.17) is 14.5 Å². The van der Waals surface area contributed by atoms with Crippen molar-refractivity contribution in [2.45, 2.75) is 75.5 Å². The van der Waals surface area contributed by atoms with E-state index in [1.165, 1.54) is 0 Å². The topological polar surface area (TPSA) is 91.2 Å². The minimum Gasteiger partial charge on any atom is -0.381 e. The van der Waals surface area contributed by atoms with Crippen molar-refractivity contribution in [1.82, 2.24) is 24.8 Å². The molecule has 0 atom stereocenters. The van der Waals surface area contributed by atoms with E-state index in [-0.39, 0.29) is 11.9 Å². The molecule has 2 saturated carbocycles. The van der Waals surface area contributed by atoms with Gasteiger partial charge in [-0.25, -0.2) is 15.0 Å². The number of carbonyl (C=O) groups excluding carboxylic acids is 1. The summed E-state index contributed by atoms with van der Waals surface area (Å²) < 4.78 is 12.8. The SMILES string of the molecule is COC1CCC(c2cc(C(=O)N[C@H]3CC[C@H](OC)CC3)nc(-c3cncn3C)n2)CC1. The molecule has 4 rings (SSSR count). The molecular weight excluding hydrogens is 394 g/mol. The Labute approximate surface area is 183 Å². The fourth-order valence-electron chi connectivity index (χ4n) is 4.78. The maximum Gasteiger partial charge on any atom is 0.270 e. The average Bonchev–Trinajstić information content (AvgIpc) is 3.25. The standard InChI is InChI=1S/C23H33N5O3/c1-28-14-24-13-21(28)22-26-19(15-4-8-17(30-2)9-5-15)12-20(27-22)23(29)25-16-6-10-18(31-3)11-7-16/h12-18H,4-11H2,1-3H3,(H,25,29)/t15?,16-,17?,18-. The molecular formula is C23H33N5O3. The predicted molar refractivity (Wildman–Crippen MR) is 117 cm³/mol. The first-order valence-electron chi connectivity index (χ1n) is 11.3. The highest BCUT2D eigenvalue weighted by Gasteiger charge is 2.27. The summed E-state index contributed by atoms with van der Waals surface area (Å²) >= 11 is 0. The van der Waals surface area contributed by atoms with Gasteiger partial charge in [0.1, 0.15) is 11.4 Å². The van der Waals surface area contributed by atoms with Crippen LogP contribution in [-0.2, 0) is 16.5 Å². The van der Waals surface area contributed by atoms with Crippen LogP contribution in [0, 0.1) is 0 Å². The zero-order valence-corrected chi connectivity index (χ0v) is 18.7. The zero-order chi connectivity index (χ0) is 21.8. The Balaban J connectivity index is 1.56. The molecule has 2 aromatic heterocycles. The minimum atomic E-state index is -0.126. The molecule has 168 valence electrons. The molecule has 0 unspecified atom stereocenters. The molecule has 2 heterocycles. The smallest absolute Gasteiger partial charge is 0.270 e. The lowest BCUT2D eigenvalue weighted by atomic mass is 9.85. The maximum absolute atomic E-state index is 13.1. The van der Waals surface area contributed by atoms with E-state index in [2.05, 4.69) is 15.3 Å². The minimum absolute atomic E-state index is 0.126. The molecule has 0 bridgehead atoms. The lowest BCUT2D eigenvalue weighted by molar-refractivity contribution is 0.0598. The number of hydrogen-bond acceptors (Lipinski definition) is 6. The van der Waals surface area contributed by atoms with Crippen molar-refractivity contribution in [3.8, 4) is 11.5 Å². The number of aromatic nitrogens is 4. The number of amides is 1. The van der Waals surface area contributed by atoms with Gasteiger partial charge in [0.2, 0.25) is 0 Å². The average molecular weight is 428 g/mol. The van der Waals surface area contributed by atoms with Crippen LogP contribution in [0.2, 0.25) is 0 Å². The number of nitrogens with zero attached hydrogens (tertiary/aromatic N) is 4. The van der Waals surface area contributed by atoms with Gasteiger partial charge in [-0.3, -0.25) is 4.79 Å². The third kappa shape index (κ3) is 5.13. The zero-order valence-electron chi connectivity index (χ0n) is 18.7. The van der Waals surface area contributed by atoms with Gasteiger partial charge in [-0.1, -0.05) is 0 Å². The summed E-state index contributed by atoms with van der Waals surface area (Å²) in [6, 6.07) is 2.04. The van der Waals surface area contributed by atoms with Crippen LogP contribution in [0.25, 0.3) is 11.5 Å². The van der Waals surface area contributed by atoms with E-state index < -0.39 is 0 Å². The lowest BCUT2D eigenvalue weighted by Gasteiger charge is -2.28. The van der Waals surface area contributed by atoms with Gasteiger partial charge in [0, 0.05) is 38.9 Å². The molecule has 0 saturated heterocycles. The second-order valence-corrected chi connectivity index (χ2v) is 8.78. The Kier molecular flexibility index (Phi) is 6.97. The van der Waals surface area contributed by atoms with E-state index in [9.17, 15) is 4.79 Å². The Bertz CT molecular complexity index is 883. The summed E-state index contributed by atoms with van der Waals surface area (Å²) in [5.41, 5.74) is 2.18. The summed E-state index contributed by atoms with van der Waals surface area (Å²) in [4.78, 5) is 26.8. The normalized spacial score (nSPS) is 26.5. The summed E-state index contributed by atoms with van der Waals surface area (Å²) in [5.74, 6) is 0.739. The molecule has 2 fully saturated rings. The van der Waals surface area contributed by atoms with Gasteiger partial charge in [-0.2, -0.15) is 0 Å². The van der Waals surface area contributed by atoms with Gasteiger partial charge in [0.25, 0.3) is 5.91 Å². The summed E-state index contributed by atoms with van der Waals surface area (Å²) in [6.45, 7) is 0. The van der Waals surface area contributed by atoms with Crippen LogP contribution in [0.1, 0.15) is 73.5 Å². The third-order valence-corrected chi connectivity index (χ3v) is 6.79. The highest BCUT2D eigenvalue weighted by atomic mass is 16.5. The molecule has 1 N–H and O–H groups in total. The first-order chi connectivity index (χ1) is 15.1. The van der Waals surface area contributed by atoms with E-state index in [0.717, 1.165) is 62.8 Å². The predicted octanol–water partition coefficient (Wildman–Crippen LogP) is 3.24. The van der Waals surface area contributed by atoms with Gasteiger partial charge < -0.3 is 19.4 Å². The van der Waals surface area contributed by atoms with E-state index in [1.807, 2.05) is 17.7 Å². The van der Waals surface area contributed by atoms with Crippen molar-refractivity contribution in [1.29, 1.82) is 0 Å². The Morgan fingerprint density at radius 3 is 2.23 bits per heavy atom. The van der Waals surface area contributed by atoms with Crippen LogP contribution >= 0.6 is 0 Å². The molecule has 31 heavy (non-hydrogen) atoms. The highest BCUT2D eigenvalue weighted by Crippen LogP contribution is 2.34. The van der Waals surface area contributed by atoms with Crippen molar-refractivity contribution >= 4 is 5.91 Å². The third-order valence-electron chi connectivity index (χ3n) is 6.79. The maximum atomic E-state index is 13.1. The van der Waals surface area contributed by atoms with Gasteiger partial charge in [0.15, 0.2) is 5.82 Å². The van der Waals surface area contributed by atoms with Crippen LogP contribution in [0.15, 0.2) is 18.6 Å². The molecule has 2 aliphatic carbocycles. The number of imidazole rings is 1. The summed E-state index contributed by atoms with van der Waals surface area (Å²) in [6.07, 6.45) is 11.9. The largest absolute Gasteiger partial charge is 0.381 e. The van der Waals surface area contributed by atoms with Crippen molar-refractivity contribution in [3.63, 3.8) is 0 Å². The number of aryl methyl sites for hydroxylation is 1. The number of methoxy groups -OCH3 is 2. The van der Waals surface area contributed by atoms with E-state index in [1.54, 1.807) is 26.7 Å². The van der Waals surface area contributed by atoms with Crippen LogP contribution in [0.4, 0.5) is 0 Å². The first-order valence-corrected chi connectivity index (χ1v) is 11.3. The van der Waals surface area contributed by atoms with Gasteiger partial charge in [-0.05, 0) is 57.4 Å². The monoisotopic (exact) mass is 427 g/mol. The van der Waals surface area contributed by atoms with Gasteiger partial charge in [-0.15, -0.1) is 0 Å². The molecule has 0 aromatic carbocycles. The van der Waals surface area contributed by atoms with Crippen LogP contribution in [0.3, 0.4) is 0 Å². The summed E-state index contributed by atoms with van der Waals surface area (Å²) in [7, 11) is 5.45. The van der Waals surface area contributed by atoms with E-state index in [0.29, 0.717) is 29.6 Å². The lowest BCUT2D eigenvalue weighted by Crippen LogP contribution is -2.39. The van der Waals surface area contributed by atoms with Gasteiger partial charge in [0.05, 0.1) is 24.7 Å². The molecule has 2 aliphatic rings. The van der Waals surface area contributed by atoms with Crippen molar-refractivity contribution < 1.29 is 14.3 Å². The number of hydrogen-bond donors (Lipinski definition) is 1. The van der Waals surface area contributed by atoms with Crippen molar-refractivity contribution in [2.24, 2.45) is 7.05 Å². The van der Waals surface area contributed by atoms with Crippen LogP contribution in [0.5, 0.6) is 0 Å². The molecule has 2 aromatic rings. The van der Waals surface area contributed by atoms with Crippen LogP contribution in [-0.4, -0.2) is 57.9 Å². The fraction of sp³-hybridized carbons (Fsp3) is 0.652. The Morgan fingerprint density at radius 1 is 1.00 bits per heavy atom. The highest BCUT2D eigenvalue weighted by molar-refractivity contribution is 5.93. The Hall–Kier alpha value is -2.32. The molecule has 8 heteroatoms. The number of rotatable bonds is 6. The second-order valence-electron chi connectivity index (χ2n) is 8.78. The molecule has 0 radical (unpaired) electrons. The van der Waals surface area contributed by atoms with Crippen molar-refractivity contribution in [2.75, 3.05) is 14.2 Å². The number of ether oxygens (including phenoxy) is 2. The number of nitrogens with one attached hydrogen (secondary N) is 1. The number of carbonyl (C=O) groups is 1. The molecule has 0 aliphatic heterocycles. The molecule has 1 amide bonds. The van der Waals surface area contributed by atoms with Crippen LogP contribution < -0.4 is 5.32 Å². The Morgan fingerprint density at radius 2 is 1.65 bits per heavy atom. The van der Waals surface area contributed by atoms with Gasteiger partial charge >= 0.3 is 0 Å². The second kappa shape index (κ2) is 9.87. The quantitative estimate of drug-likeness (QED) is 0.761. The fourth-order valence-corrected chi connectivity index (χ4v) is 4.78. The first kappa shape index (κ1) is 21.9. The molecule has 0 spiro atoms.